The van der Waals surface area contributed by atoms with Gasteiger partial charge in [0.2, 0.25) is 0 Å². The zero-order valence-corrected chi connectivity index (χ0v) is 14.7. The summed E-state index contributed by atoms with van der Waals surface area (Å²) < 4.78 is 13.1. The Balaban J connectivity index is 1.55. The van der Waals surface area contributed by atoms with E-state index in [0.29, 0.717) is 11.5 Å². The van der Waals surface area contributed by atoms with Gasteiger partial charge in [0.1, 0.15) is 5.82 Å². The number of hydrogen-bond donors (Lipinski definition) is 2. The van der Waals surface area contributed by atoms with Crippen LogP contribution >= 0.6 is 0 Å². The first-order valence-corrected chi connectivity index (χ1v) is 9.00. The lowest BCUT2D eigenvalue weighted by Crippen LogP contribution is -2.40. The minimum atomic E-state index is -0.371. The SMILES string of the molecule is O=C(NC1=N[C@@H](C2C=CC=CC2)[C@@H](c2ccccc2)N1)c1ccc(F)cc1. The number of hydrogen-bond acceptors (Lipinski definition) is 3. The van der Waals surface area contributed by atoms with Crippen molar-refractivity contribution in [3.8, 4) is 0 Å². The van der Waals surface area contributed by atoms with Crippen molar-refractivity contribution < 1.29 is 9.18 Å². The van der Waals surface area contributed by atoms with Gasteiger partial charge in [-0.2, -0.15) is 0 Å². The number of carbonyl (C=O) groups is 1. The molecular formula is C22H20FN3O. The van der Waals surface area contributed by atoms with Gasteiger partial charge >= 0.3 is 0 Å². The topological polar surface area (TPSA) is 53.5 Å². The van der Waals surface area contributed by atoms with Crippen LogP contribution in [0.1, 0.15) is 28.4 Å². The van der Waals surface area contributed by atoms with Gasteiger partial charge in [0.25, 0.3) is 5.91 Å². The fraction of sp³-hybridized carbons (Fsp3) is 0.182. The highest BCUT2D eigenvalue weighted by atomic mass is 19.1. The van der Waals surface area contributed by atoms with Gasteiger partial charge in [-0.15, -0.1) is 0 Å². The van der Waals surface area contributed by atoms with Crippen molar-refractivity contribution in [2.45, 2.75) is 18.5 Å². The molecule has 4 rings (SSSR count). The number of nitrogens with one attached hydrogen (secondary N) is 2. The normalized spacial score (nSPS) is 23.6. The molecule has 2 N–H and O–H groups in total. The number of carbonyl (C=O) groups excluding carboxylic acids is 1. The predicted octanol–water partition coefficient (Wildman–Crippen LogP) is 3.76. The number of benzene rings is 2. The summed E-state index contributed by atoms with van der Waals surface area (Å²) in [6, 6.07) is 15.5. The number of allylic oxidation sites excluding steroid dienone is 3. The van der Waals surface area contributed by atoms with Crippen molar-refractivity contribution in [3.05, 3.63) is 95.8 Å². The Morgan fingerprint density at radius 3 is 2.56 bits per heavy atom. The summed E-state index contributed by atoms with van der Waals surface area (Å²) >= 11 is 0. The fourth-order valence-electron chi connectivity index (χ4n) is 3.48. The monoisotopic (exact) mass is 361 g/mol. The van der Waals surface area contributed by atoms with Gasteiger partial charge in [-0.1, -0.05) is 54.6 Å². The molecule has 0 radical (unpaired) electrons. The fourth-order valence-corrected chi connectivity index (χ4v) is 3.48. The smallest absolute Gasteiger partial charge is 0.257 e. The standard InChI is InChI=1S/C22H20FN3O/c23-18-13-11-17(12-14-18)21(27)26-22-24-19(15-7-3-1-4-8-15)20(25-22)16-9-5-2-6-10-16/h1-9,11-14,16,19-20H,10H2,(H2,24,25,26,27)/t16?,19-,20+/m1/s1. The average molecular weight is 361 g/mol. The second kappa shape index (κ2) is 7.58. The van der Waals surface area contributed by atoms with E-state index in [1.807, 2.05) is 30.4 Å². The number of halogens is 1. The van der Waals surface area contributed by atoms with E-state index in [-0.39, 0.29) is 29.7 Å². The van der Waals surface area contributed by atoms with E-state index in [9.17, 15) is 9.18 Å². The molecule has 0 spiro atoms. The molecule has 0 fully saturated rings. The van der Waals surface area contributed by atoms with Gasteiger partial charge in [0.05, 0.1) is 12.1 Å². The van der Waals surface area contributed by atoms with Crippen LogP contribution in [0.4, 0.5) is 4.39 Å². The zero-order chi connectivity index (χ0) is 18.6. The van der Waals surface area contributed by atoms with Gasteiger partial charge in [0.15, 0.2) is 5.96 Å². The maximum atomic E-state index is 13.1. The Morgan fingerprint density at radius 1 is 1.07 bits per heavy atom. The Hall–Kier alpha value is -3.21. The van der Waals surface area contributed by atoms with Gasteiger partial charge in [-0.05, 0) is 36.2 Å². The van der Waals surface area contributed by atoms with Crippen molar-refractivity contribution in [1.82, 2.24) is 10.6 Å². The van der Waals surface area contributed by atoms with E-state index in [4.69, 9.17) is 4.99 Å². The molecule has 3 atom stereocenters. The van der Waals surface area contributed by atoms with E-state index in [1.165, 1.54) is 24.3 Å². The Labute approximate surface area is 157 Å². The van der Waals surface area contributed by atoms with Crippen molar-refractivity contribution >= 4 is 11.9 Å². The highest BCUT2D eigenvalue weighted by molar-refractivity contribution is 6.06. The minimum Gasteiger partial charge on any atom is -0.347 e. The maximum absolute atomic E-state index is 13.1. The van der Waals surface area contributed by atoms with E-state index in [0.717, 1.165) is 12.0 Å². The number of rotatable bonds is 3. The molecule has 1 unspecified atom stereocenters. The first kappa shape index (κ1) is 17.2. The molecule has 136 valence electrons. The predicted molar refractivity (Wildman–Crippen MR) is 104 cm³/mol. The van der Waals surface area contributed by atoms with Crippen LogP contribution in [0.25, 0.3) is 0 Å². The first-order chi connectivity index (χ1) is 13.2. The molecule has 2 aromatic carbocycles. The summed E-state index contributed by atoms with van der Waals surface area (Å²) in [4.78, 5) is 17.2. The van der Waals surface area contributed by atoms with E-state index in [2.05, 4.69) is 34.9 Å². The number of amides is 1. The van der Waals surface area contributed by atoms with Gasteiger partial charge < -0.3 is 5.32 Å². The van der Waals surface area contributed by atoms with E-state index < -0.39 is 0 Å². The number of guanidine groups is 1. The van der Waals surface area contributed by atoms with Gasteiger partial charge in [0, 0.05) is 11.5 Å². The molecule has 2 aliphatic rings. The van der Waals surface area contributed by atoms with Gasteiger partial charge in [-0.3, -0.25) is 10.1 Å². The number of nitrogens with zero attached hydrogens (tertiary/aromatic N) is 1. The van der Waals surface area contributed by atoms with Crippen molar-refractivity contribution in [3.63, 3.8) is 0 Å². The highest BCUT2D eigenvalue weighted by Gasteiger charge is 2.35. The van der Waals surface area contributed by atoms with Crippen LogP contribution in [0.3, 0.4) is 0 Å². The molecule has 0 saturated carbocycles. The summed E-state index contributed by atoms with van der Waals surface area (Å²) in [7, 11) is 0. The highest BCUT2D eigenvalue weighted by Crippen LogP contribution is 2.32. The van der Waals surface area contributed by atoms with E-state index >= 15 is 0 Å². The molecule has 1 heterocycles. The van der Waals surface area contributed by atoms with E-state index in [1.54, 1.807) is 0 Å². The lowest BCUT2D eigenvalue weighted by molar-refractivity contribution is 0.0976. The summed E-state index contributed by atoms with van der Waals surface area (Å²) in [5.74, 6) is 0.0242. The molecule has 1 aliphatic heterocycles. The maximum Gasteiger partial charge on any atom is 0.257 e. The Morgan fingerprint density at radius 2 is 1.85 bits per heavy atom. The third-order valence-electron chi connectivity index (χ3n) is 4.86. The van der Waals surface area contributed by atoms with Crippen LogP contribution in [-0.2, 0) is 0 Å². The summed E-state index contributed by atoms with van der Waals surface area (Å²) in [5.41, 5.74) is 1.52. The molecule has 1 amide bonds. The Bertz CT molecular complexity index is 903. The van der Waals surface area contributed by atoms with Crippen molar-refractivity contribution in [1.29, 1.82) is 0 Å². The van der Waals surface area contributed by atoms with Crippen LogP contribution < -0.4 is 10.6 Å². The molecule has 0 aromatic heterocycles. The molecule has 0 saturated heterocycles. The molecule has 1 aliphatic carbocycles. The molecular weight excluding hydrogens is 341 g/mol. The summed E-state index contributed by atoms with van der Waals surface area (Å²) in [5, 5.41) is 6.17. The third kappa shape index (κ3) is 3.82. The second-order valence-electron chi connectivity index (χ2n) is 6.67. The van der Waals surface area contributed by atoms with Crippen LogP contribution in [0.15, 0.2) is 83.9 Å². The molecule has 27 heavy (non-hydrogen) atoms. The second-order valence-corrected chi connectivity index (χ2v) is 6.67. The lowest BCUT2D eigenvalue weighted by Gasteiger charge is -2.25. The molecule has 5 heteroatoms. The first-order valence-electron chi connectivity index (χ1n) is 9.00. The van der Waals surface area contributed by atoms with Crippen molar-refractivity contribution in [2.75, 3.05) is 0 Å². The Kier molecular flexibility index (Phi) is 4.83. The molecule has 2 aromatic rings. The van der Waals surface area contributed by atoms with Crippen LogP contribution in [-0.4, -0.2) is 17.9 Å². The van der Waals surface area contributed by atoms with Crippen LogP contribution in [0.2, 0.25) is 0 Å². The average Bonchev–Trinajstić information content (AvgIpc) is 3.13. The molecule has 4 nitrogen and oxygen atoms in total. The summed E-state index contributed by atoms with van der Waals surface area (Å²) in [6.07, 6.45) is 9.29. The van der Waals surface area contributed by atoms with Crippen LogP contribution in [0, 0.1) is 11.7 Å². The summed E-state index contributed by atoms with van der Waals surface area (Å²) in [6.45, 7) is 0. The van der Waals surface area contributed by atoms with Gasteiger partial charge in [-0.25, -0.2) is 9.38 Å². The largest absolute Gasteiger partial charge is 0.347 e. The van der Waals surface area contributed by atoms with Crippen molar-refractivity contribution in [2.24, 2.45) is 10.9 Å². The third-order valence-corrected chi connectivity index (χ3v) is 4.86. The zero-order valence-electron chi connectivity index (χ0n) is 14.7. The quantitative estimate of drug-likeness (QED) is 0.875. The number of aliphatic imine (C=N–C) groups is 1. The molecule has 0 bridgehead atoms. The lowest BCUT2D eigenvalue weighted by atomic mass is 9.86. The van der Waals surface area contributed by atoms with Crippen LogP contribution in [0.5, 0.6) is 0 Å². The minimum absolute atomic E-state index is 0.0166.